The van der Waals surface area contributed by atoms with E-state index in [0.717, 1.165) is 0 Å². The van der Waals surface area contributed by atoms with Gasteiger partial charge in [0.15, 0.2) is 18.1 Å². The van der Waals surface area contributed by atoms with E-state index in [1.165, 1.54) is 45.7 Å². The molecule has 2 rings (SSSR count). The number of non-ortho nitro benzene ring substituents is 1. The second-order valence-electron chi connectivity index (χ2n) is 5.41. The summed E-state index contributed by atoms with van der Waals surface area (Å²) in [5, 5.41) is 14.6. The van der Waals surface area contributed by atoms with Crippen molar-refractivity contribution in [2.24, 2.45) is 5.10 Å². The molecular formula is C18H18BrN3O7. The van der Waals surface area contributed by atoms with E-state index >= 15 is 0 Å². The normalized spacial score (nSPS) is 10.5. The number of carbonyl (C=O) groups excluding carboxylic acids is 1. The number of ether oxygens (including phenoxy) is 4. The summed E-state index contributed by atoms with van der Waals surface area (Å²) in [6.45, 7) is -0.330. The molecule has 0 aliphatic carbocycles. The molecule has 0 unspecified atom stereocenters. The van der Waals surface area contributed by atoms with Crippen molar-refractivity contribution in [3.63, 3.8) is 0 Å². The number of hydrogen-bond acceptors (Lipinski definition) is 8. The molecule has 0 aliphatic heterocycles. The van der Waals surface area contributed by atoms with Gasteiger partial charge < -0.3 is 18.9 Å². The van der Waals surface area contributed by atoms with Gasteiger partial charge in [0.05, 0.1) is 36.9 Å². The smallest absolute Gasteiger partial charge is 0.277 e. The van der Waals surface area contributed by atoms with Crippen molar-refractivity contribution in [2.45, 2.75) is 0 Å². The number of hydrazone groups is 1. The van der Waals surface area contributed by atoms with Crippen LogP contribution < -0.4 is 24.4 Å². The molecule has 2 aromatic carbocycles. The van der Waals surface area contributed by atoms with Gasteiger partial charge in [0, 0.05) is 17.7 Å². The SMILES string of the molecule is COc1cc(/C=N/NC(=O)COc2ccc([N+](=O)[O-])cc2Br)cc(OC)c1OC. The zero-order valence-corrected chi connectivity index (χ0v) is 17.4. The third-order valence-electron chi connectivity index (χ3n) is 3.57. The summed E-state index contributed by atoms with van der Waals surface area (Å²) in [4.78, 5) is 22.1. The zero-order chi connectivity index (χ0) is 21.4. The Balaban J connectivity index is 1.97. The van der Waals surface area contributed by atoms with Gasteiger partial charge in [-0.1, -0.05) is 0 Å². The molecule has 10 nitrogen and oxygen atoms in total. The van der Waals surface area contributed by atoms with E-state index in [2.05, 4.69) is 26.5 Å². The van der Waals surface area contributed by atoms with E-state index in [9.17, 15) is 14.9 Å². The fourth-order valence-electron chi connectivity index (χ4n) is 2.25. The average Bonchev–Trinajstić information content (AvgIpc) is 2.71. The Bertz CT molecular complexity index is 909. The van der Waals surface area contributed by atoms with E-state index < -0.39 is 10.8 Å². The molecule has 154 valence electrons. The predicted octanol–water partition coefficient (Wildman–Crippen LogP) is 2.91. The number of carbonyl (C=O) groups is 1. The monoisotopic (exact) mass is 467 g/mol. The lowest BCUT2D eigenvalue weighted by Crippen LogP contribution is -2.24. The second kappa shape index (κ2) is 10.3. The van der Waals surface area contributed by atoms with Crippen LogP contribution in [0.25, 0.3) is 0 Å². The number of nitro groups is 1. The molecular weight excluding hydrogens is 450 g/mol. The largest absolute Gasteiger partial charge is 0.493 e. The lowest BCUT2D eigenvalue weighted by Gasteiger charge is -2.12. The molecule has 0 aromatic heterocycles. The van der Waals surface area contributed by atoms with E-state index in [4.69, 9.17) is 18.9 Å². The topological polar surface area (TPSA) is 122 Å². The summed E-state index contributed by atoms with van der Waals surface area (Å²) >= 11 is 3.16. The molecule has 0 radical (unpaired) electrons. The summed E-state index contributed by atoms with van der Waals surface area (Å²) in [6, 6.07) is 7.30. The number of hydrogen-bond donors (Lipinski definition) is 1. The predicted molar refractivity (Wildman–Crippen MR) is 108 cm³/mol. The van der Waals surface area contributed by atoms with Gasteiger partial charge in [-0.3, -0.25) is 14.9 Å². The highest BCUT2D eigenvalue weighted by atomic mass is 79.9. The van der Waals surface area contributed by atoms with Crippen LogP contribution in [0.2, 0.25) is 0 Å². The van der Waals surface area contributed by atoms with Crippen LogP contribution in [0.1, 0.15) is 5.56 Å². The number of benzene rings is 2. The van der Waals surface area contributed by atoms with Crippen molar-refractivity contribution in [2.75, 3.05) is 27.9 Å². The fourth-order valence-corrected chi connectivity index (χ4v) is 2.73. The first-order chi connectivity index (χ1) is 13.9. The van der Waals surface area contributed by atoms with Crippen molar-refractivity contribution < 1.29 is 28.7 Å². The molecule has 0 fully saturated rings. The van der Waals surface area contributed by atoms with Gasteiger partial charge in [-0.2, -0.15) is 5.10 Å². The zero-order valence-electron chi connectivity index (χ0n) is 15.8. The Morgan fingerprint density at radius 3 is 2.31 bits per heavy atom. The van der Waals surface area contributed by atoms with E-state index in [0.29, 0.717) is 33.0 Å². The minimum absolute atomic E-state index is 0.0939. The van der Waals surface area contributed by atoms with Gasteiger partial charge in [0.1, 0.15) is 5.75 Å². The Morgan fingerprint density at radius 1 is 1.14 bits per heavy atom. The third kappa shape index (κ3) is 5.82. The Labute approximate surface area is 174 Å². The van der Waals surface area contributed by atoms with Crippen LogP contribution in [0.15, 0.2) is 39.9 Å². The maximum absolute atomic E-state index is 11.9. The van der Waals surface area contributed by atoms with Crippen molar-refractivity contribution in [1.82, 2.24) is 5.43 Å². The Morgan fingerprint density at radius 2 is 1.79 bits per heavy atom. The van der Waals surface area contributed by atoms with Gasteiger partial charge in [-0.05, 0) is 34.1 Å². The minimum atomic E-state index is -0.529. The lowest BCUT2D eigenvalue weighted by molar-refractivity contribution is -0.384. The van der Waals surface area contributed by atoms with Crippen molar-refractivity contribution in [1.29, 1.82) is 0 Å². The van der Waals surface area contributed by atoms with Gasteiger partial charge in [-0.15, -0.1) is 0 Å². The van der Waals surface area contributed by atoms with Crippen molar-refractivity contribution in [3.05, 3.63) is 50.5 Å². The van der Waals surface area contributed by atoms with Crippen LogP contribution >= 0.6 is 15.9 Å². The lowest BCUT2D eigenvalue weighted by atomic mass is 10.2. The van der Waals surface area contributed by atoms with Crippen molar-refractivity contribution >= 4 is 33.7 Å². The molecule has 1 N–H and O–H groups in total. The molecule has 2 aromatic rings. The number of amides is 1. The summed E-state index contributed by atoms with van der Waals surface area (Å²) in [6.07, 6.45) is 1.41. The van der Waals surface area contributed by atoms with Crippen LogP contribution in [0.5, 0.6) is 23.0 Å². The fraction of sp³-hybridized carbons (Fsp3) is 0.222. The van der Waals surface area contributed by atoms with Crippen molar-refractivity contribution in [3.8, 4) is 23.0 Å². The van der Waals surface area contributed by atoms with Crippen LogP contribution in [0.4, 0.5) is 5.69 Å². The first-order valence-electron chi connectivity index (χ1n) is 8.08. The number of nitrogens with one attached hydrogen (secondary N) is 1. The van der Waals surface area contributed by atoms with E-state index in [-0.39, 0.29) is 12.3 Å². The van der Waals surface area contributed by atoms with Gasteiger partial charge in [0.2, 0.25) is 5.75 Å². The van der Waals surface area contributed by atoms with Crippen LogP contribution in [0, 0.1) is 10.1 Å². The van der Waals surface area contributed by atoms with Crippen LogP contribution in [0.3, 0.4) is 0 Å². The van der Waals surface area contributed by atoms with Crippen LogP contribution in [-0.4, -0.2) is 45.0 Å². The molecule has 0 saturated heterocycles. The van der Waals surface area contributed by atoms with E-state index in [1.54, 1.807) is 12.1 Å². The number of rotatable bonds is 9. The summed E-state index contributed by atoms with van der Waals surface area (Å²) in [7, 11) is 4.49. The molecule has 0 aliphatic rings. The second-order valence-corrected chi connectivity index (χ2v) is 6.27. The molecule has 0 atom stereocenters. The maximum atomic E-state index is 11.9. The van der Waals surface area contributed by atoms with E-state index in [1.807, 2.05) is 0 Å². The summed E-state index contributed by atoms with van der Waals surface area (Å²) < 4.78 is 21.4. The maximum Gasteiger partial charge on any atom is 0.277 e. The van der Waals surface area contributed by atoms with Gasteiger partial charge >= 0.3 is 0 Å². The average molecular weight is 468 g/mol. The highest BCUT2D eigenvalue weighted by Crippen LogP contribution is 2.37. The van der Waals surface area contributed by atoms with Gasteiger partial charge in [0.25, 0.3) is 11.6 Å². The molecule has 0 bridgehead atoms. The molecule has 11 heteroatoms. The van der Waals surface area contributed by atoms with Crippen LogP contribution in [-0.2, 0) is 4.79 Å². The molecule has 29 heavy (non-hydrogen) atoms. The first-order valence-corrected chi connectivity index (χ1v) is 8.87. The number of methoxy groups -OCH3 is 3. The first kappa shape index (κ1) is 22.0. The standard InChI is InChI=1S/C18H18BrN3O7/c1-26-15-6-11(7-16(27-2)18(15)28-3)9-20-21-17(23)10-29-14-5-4-12(22(24)25)8-13(14)19/h4-9H,10H2,1-3H3,(H,21,23)/b20-9+. The highest BCUT2D eigenvalue weighted by Gasteiger charge is 2.13. The molecule has 1 amide bonds. The number of nitro benzene ring substituents is 1. The molecule has 0 heterocycles. The number of halogens is 1. The number of nitrogens with zero attached hydrogens (tertiary/aromatic N) is 2. The Hall–Kier alpha value is -3.34. The van der Waals surface area contributed by atoms with Gasteiger partial charge in [-0.25, -0.2) is 5.43 Å². The quantitative estimate of drug-likeness (QED) is 0.341. The minimum Gasteiger partial charge on any atom is -0.493 e. The summed E-state index contributed by atoms with van der Waals surface area (Å²) in [5.41, 5.74) is 2.84. The summed E-state index contributed by atoms with van der Waals surface area (Å²) in [5.74, 6) is 1.12. The molecule has 0 saturated carbocycles. The third-order valence-corrected chi connectivity index (χ3v) is 4.19. The highest BCUT2D eigenvalue weighted by molar-refractivity contribution is 9.10. The Kier molecular flexibility index (Phi) is 7.78. The molecule has 0 spiro atoms.